The van der Waals surface area contributed by atoms with E-state index in [9.17, 15) is 0 Å². The van der Waals surface area contributed by atoms with Gasteiger partial charge in [-0.05, 0) is 31.6 Å². The first-order valence-corrected chi connectivity index (χ1v) is 14.5. The number of rotatable bonds is 7. The summed E-state index contributed by atoms with van der Waals surface area (Å²) in [6.07, 6.45) is 2.75. The third-order valence-electron chi connectivity index (χ3n) is 3.06. The Hall–Kier alpha value is -0.386. The minimum atomic E-state index is -1.49. The lowest BCUT2D eigenvalue weighted by Crippen LogP contribution is -2.28. The molecule has 0 saturated carbocycles. The van der Waals surface area contributed by atoms with Crippen LogP contribution in [0.2, 0.25) is 45.3 Å². The second kappa shape index (κ2) is 6.86. The van der Waals surface area contributed by atoms with Crippen LogP contribution in [0.1, 0.15) is 24.5 Å². The van der Waals surface area contributed by atoms with E-state index in [2.05, 4.69) is 69.6 Å². The lowest BCUT2D eigenvalue weighted by Gasteiger charge is -2.27. The summed E-state index contributed by atoms with van der Waals surface area (Å²) in [4.78, 5) is 0. The van der Waals surface area contributed by atoms with Crippen molar-refractivity contribution >= 4 is 16.4 Å². The van der Waals surface area contributed by atoms with Crippen molar-refractivity contribution in [1.82, 2.24) is 0 Å². The van der Waals surface area contributed by atoms with E-state index in [1.165, 1.54) is 24.4 Å². The van der Waals surface area contributed by atoms with Crippen molar-refractivity contribution in [3.05, 3.63) is 35.9 Å². The molecular formula is C16H30OSi2. The van der Waals surface area contributed by atoms with E-state index in [1.807, 2.05) is 0 Å². The molecule has 0 aliphatic rings. The van der Waals surface area contributed by atoms with Crippen molar-refractivity contribution < 1.29 is 4.43 Å². The SMILES string of the molecule is C[Si](C)(C)CCCC(O[Si](C)(C)C)c1ccccc1. The van der Waals surface area contributed by atoms with Gasteiger partial charge >= 0.3 is 0 Å². The summed E-state index contributed by atoms with van der Waals surface area (Å²) >= 11 is 0. The van der Waals surface area contributed by atoms with Gasteiger partial charge in [0.2, 0.25) is 0 Å². The molecule has 3 heteroatoms. The number of hydrogen-bond acceptors (Lipinski definition) is 1. The van der Waals surface area contributed by atoms with Crippen LogP contribution < -0.4 is 0 Å². The maximum Gasteiger partial charge on any atom is 0.184 e. The zero-order valence-electron chi connectivity index (χ0n) is 13.5. The first-order chi connectivity index (χ1) is 8.67. The Labute approximate surface area is 121 Å². The lowest BCUT2D eigenvalue weighted by molar-refractivity contribution is 0.186. The summed E-state index contributed by atoms with van der Waals surface area (Å²) in [5.74, 6) is 0. The minimum absolute atomic E-state index is 0.296. The molecule has 0 aliphatic carbocycles. The average molecular weight is 295 g/mol. The average Bonchev–Trinajstić information content (AvgIpc) is 2.25. The van der Waals surface area contributed by atoms with Crippen molar-refractivity contribution in [2.24, 2.45) is 0 Å². The lowest BCUT2D eigenvalue weighted by atomic mass is 10.1. The second-order valence-electron chi connectivity index (χ2n) is 7.58. The fourth-order valence-electron chi connectivity index (χ4n) is 2.21. The van der Waals surface area contributed by atoms with E-state index >= 15 is 0 Å². The molecule has 1 rings (SSSR count). The molecule has 0 heterocycles. The van der Waals surface area contributed by atoms with Crippen LogP contribution in [0, 0.1) is 0 Å². The second-order valence-corrected chi connectivity index (χ2v) is 17.7. The van der Waals surface area contributed by atoms with Crippen LogP contribution in [-0.4, -0.2) is 16.4 Å². The van der Waals surface area contributed by atoms with Gasteiger partial charge in [0.1, 0.15) is 0 Å². The van der Waals surface area contributed by atoms with Crippen molar-refractivity contribution in [3.8, 4) is 0 Å². The van der Waals surface area contributed by atoms with E-state index < -0.39 is 16.4 Å². The summed E-state index contributed by atoms with van der Waals surface area (Å²) in [6.45, 7) is 14.2. The molecular weight excluding hydrogens is 264 g/mol. The third kappa shape index (κ3) is 7.70. The standard InChI is InChI=1S/C16H30OSi2/c1-18(2,3)14-10-13-16(17-19(4,5)6)15-11-8-7-9-12-15/h7-9,11-12,16H,10,13-14H2,1-6H3. The zero-order chi connectivity index (χ0) is 14.5. The van der Waals surface area contributed by atoms with E-state index in [4.69, 9.17) is 4.43 Å². The molecule has 19 heavy (non-hydrogen) atoms. The fraction of sp³-hybridized carbons (Fsp3) is 0.625. The van der Waals surface area contributed by atoms with E-state index in [-0.39, 0.29) is 0 Å². The third-order valence-corrected chi connectivity index (χ3v) is 5.91. The molecule has 0 spiro atoms. The maximum atomic E-state index is 6.39. The highest BCUT2D eigenvalue weighted by atomic mass is 28.4. The summed E-state index contributed by atoms with van der Waals surface area (Å²) in [6, 6.07) is 12.1. The topological polar surface area (TPSA) is 9.23 Å². The maximum absolute atomic E-state index is 6.39. The summed E-state index contributed by atoms with van der Waals surface area (Å²) in [5, 5.41) is 0. The molecule has 1 aromatic rings. The van der Waals surface area contributed by atoms with Gasteiger partial charge < -0.3 is 4.43 Å². The minimum Gasteiger partial charge on any atom is -0.411 e. The van der Waals surface area contributed by atoms with Crippen LogP contribution in [0.4, 0.5) is 0 Å². The van der Waals surface area contributed by atoms with Crippen molar-refractivity contribution in [2.75, 3.05) is 0 Å². The Morgan fingerprint density at radius 3 is 2.00 bits per heavy atom. The Bertz CT molecular complexity index is 363. The van der Waals surface area contributed by atoms with Gasteiger partial charge in [0, 0.05) is 8.07 Å². The Balaban J connectivity index is 2.66. The van der Waals surface area contributed by atoms with Crippen LogP contribution in [0.5, 0.6) is 0 Å². The first-order valence-electron chi connectivity index (χ1n) is 7.40. The summed E-state index contributed by atoms with van der Waals surface area (Å²) < 4.78 is 6.39. The molecule has 0 saturated heterocycles. The molecule has 1 unspecified atom stereocenters. The molecule has 0 aliphatic heterocycles. The van der Waals surface area contributed by atoms with Gasteiger partial charge in [0.05, 0.1) is 6.10 Å². The van der Waals surface area contributed by atoms with E-state index in [0.29, 0.717) is 6.10 Å². The molecule has 0 amide bonds. The van der Waals surface area contributed by atoms with Crippen molar-refractivity contribution in [2.45, 2.75) is 64.3 Å². The molecule has 0 radical (unpaired) electrons. The predicted octanol–water partition coefficient (Wildman–Crippen LogP) is 5.70. The highest BCUT2D eigenvalue weighted by molar-refractivity contribution is 6.76. The van der Waals surface area contributed by atoms with Crippen LogP contribution in [0.25, 0.3) is 0 Å². The summed E-state index contributed by atoms with van der Waals surface area (Å²) in [7, 11) is -2.42. The first kappa shape index (κ1) is 16.7. The Morgan fingerprint density at radius 2 is 1.53 bits per heavy atom. The van der Waals surface area contributed by atoms with E-state index in [0.717, 1.165) is 0 Å². The van der Waals surface area contributed by atoms with Gasteiger partial charge in [-0.25, -0.2) is 0 Å². The monoisotopic (exact) mass is 294 g/mol. The molecule has 0 bridgehead atoms. The Kier molecular flexibility index (Phi) is 6.02. The molecule has 1 atom stereocenters. The highest BCUT2D eigenvalue weighted by Crippen LogP contribution is 2.28. The van der Waals surface area contributed by atoms with Gasteiger partial charge in [-0.1, -0.05) is 62.4 Å². The number of benzene rings is 1. The zero-order valence-corrected chi connectivity index (χ0v) is 15.5. The molecule has 1 aromatic carbocycles. The molecule has 1 nitrogen and oxygen atoms in total. The van der Waals surface area contributed by atoms with Crippen LogP contribution in [-0.2, 0) is 4.43 Å². The molecule has 0 N–H and O–H groups in total. The van der Waals surface area contributed by atoms with Crippen molar-refractivity contribution in [1.29, 1.82) is 0 Å². The van der Waals surface area contributed by atoms with Gasteiger partial charge in [-0.15, -0.1) is 0 Å². The van der Waals surface area contributed by atoms with Crippen LogP contribution >= 0.6 is 0 Å². The molecule has 108 valence electrons. The van der Waals surface area contributed by atoms with Gasteiger partial charge in [0.15, 0.2) is 8.32 Å². The molecule has 0 fully saturated rings. The van der Waals surface area contributed by atoms with Crippen LogP contribution in [0.15, 0.2) is 30.3 Å². The van der Waals surface area contributed by atoms with Gasteiger partial charge in [-0.2, -0.15) is 0 Å². The quantitative estimate of drug-likeness (QED) is 0.586. The van der Waals surface area contributed by atoms with Crippen LogP contribution in [0.3, 0.4) is 0 Å². The number of hydrogen-bond donors (Lipinski definition) is 0. The largest absolute Gasteiger partial charge is 0.411 e. The van der Waals surface area contributed by atoms with Crippen molar-refractivity contribution in [3.63, 3.8) is 0 Å². The predicted molar refractivity (Wildman–Crippen MR) is 91.0 cm³/mol. The highest BCUT2D eigenvalue weighted by Gasteiger charge is 2.23. The fourth-order valence-corrected chi connectivity index (χ4v) is 4.58. The normalized spacial score (nSPS) is 14.4. The Morgan fingerprint density at radius 1 is 0.947 bits per heavy atom. The summed E-state index contributed by atoms with van der Waals surface area (Å²) in [5.41, 5.74) is 1.35. The van der Waals surface area contributed by atoms with Gasteiger partial charge in [0.25, 0.3) is 0 Å². The van der Waals surface area contributed by atoms with Gasteiger partial charge in [-0.3, -0.25) is 0 Å². The molecule has 0 aromatic heterocycles. The smallest absolute Gasteiger partial charge is 0.184 e. The van der Waals surface area contributed by atoms with E-state index in [1.54, 1.807) is 0 Å².